The van der Waals surface area contributed by atoms with E-state index in [9.17, 15) is 13.2 Å². The molecule has 1 aromatic rings. The molecule has 0 aliphatic carbocycles. The van der Waals surface area contributed by atoms with Crippen LogP contribution in [0.5, 0.6) is 0 Å². The van der Waals surface area contributed by atoms with Gasteiger partial charge in [-0.05, 0) is 12.1 Å². The van der Waals surface area contributed by atoms with Gasteiger partial charge in [0, 0.05) is 0 Å². The molecule has 6 nitrogen and oxygen atoms in total. The zero-order valence-electron chi connectivity index (χ0n) is 6.99. The molecule has 2 amide bonds. The number of para-hydroxylation sites is 1. The highest BCUT2D eigenvalue weighted by Crippen LogP contribution is 2.15. The second-order valence-corrected chi connectivity index (χ2v) is 3.68. The van der Waals surface area contributed by atoms with Gasteiger partial charge in [-0.15, -0.1) is 0 Å². The zero-order valence-corrected chi connectivity index (χ0v) is 7.81. The lowest BCUT2D eigenvalue weighted by molar-refractivity contribution is 0.256. The molecule has 0 unspecified atom stereocenters. The van der Waals surface area contributed by atoms with Gasteiger partial charge in [-0.3, -0.25) is 4.55 Å². The van der Waals surface area contributed by atoms with Crippen molar-refractivity contribution < 1.29 is 17.8 Å². The highest BCUT2D eigenvalue weighted by Gasteiger charge is 2.24. The van der Waals surface area contributed by atoms with Gasteiger partial charge < -0.3 is 5.73 Å². The summed E-state index contributed by atoms with van der Waals surface area (Å²) in [6, 6.07) is 6.05. The first-order valence-corrected chi connectivity index (χ1v) is 4.95. The number of nitrogens with zero attached hydrogens (tertiary/aromatic N) is 1. The van der Waals surface area contributed by atoms with E-state index >= 15 is 0 Å². The molecule has 0 bridgehead atoms. The van der Waals surface area contributed by atoms with Gasteiger partial charge in [0.05, 0.1) is 5.69 Å². The zero-order chi connectivity index (χ0) is 10.8. The second-order valence-electron chi connectivity index (χ2n) is 2.42. The van der Waals surface area contributed by atoms with Crippen molar-refractivity contribution in [3.05, 3.63) is 30.3 Å². The Labute approximate surface area is 80.8 Å². The lowest BCUT2D eigenvalue weighted by Crippen LogP contribution is -2.40. The largest absolute Gasteiger partial charge is 0.368 e. The molecule has 0 aromatic heterocycles. The van der Waals surface area contributed by atoms with Gasteiger partial charge in [-0.2, -0.15) is 12.7 Å². The van der Waals surface area contributed by atoms with Gasteiger partial charge in [0.25, 0.3) is 0 Å². The summed E-state index contributed by atoms with van der Waals surface area (Å²) in [6.45, 7) is 0. The minimum absolute atomic E-state index is 0.0116. The molecule has 0 fully saturated rings. The van der Waals surface area contributed by atoms with Gasteiger partial charge >= 0.3 is 16.3 Å². The van der Waals surface area contributed by atoms with Crippen LogP contribution in [0, 0.1) is 0 Å². The average molecular weight is 216 g/mol. The number of nitrogens with two attached hydrogens (primary N) is 1. The van der Waals surface area contributed by atoms with Crippen LogP contribution in [0.1, 0.15) is 0 Å². The van der Waals surface area contributed by atoms with Crippen molar-refractivity contribution in [2.45, 2.75) is 0 Å². The summed E-state index contributed by atoms with van der Waals surface area (Å²) < 4.78 is 30.3. The van der Waals surface area contributed by atoms with Gasteiger partial charge in [0.1, 0.15) is 0 Å². The molecule has 0 atom stereocenters. The summed E-state index contributed by atoms with van der Waals surface area (Å²) >= 11 is 0. The monoisotopic (exact) mass is 216 g/mol. The summed E-state index contributed by atoms with van der Waals surface area (Å²) in [5.41, 5.74) is 4.79. The summed E-state index contributed by atoms with van der Waals surface area (Å²) in [4.78, 5) is 10.8. The standard InChI is InChI=1S/C7H8N2O4S/c8-7(10)9(14(11,12)13)6-4-2-1-3-5-6/h1-5H,(H2,8,10)(H,11,12,13). The third kappa shape index (κ3) is 2.21. The predicted molar refractivity (Wildman–Crippen MR) is 50.1 cm³/mol. The van der Waals surface area contributed by atoms with Crippen LogP contribution in [0.3, 0.4) is 0 Å². The number of urea groups is 1. The molecule has 1 rings (SSSR count). The van der Waals surface area contributed by atoms with E-state index in [4.69, 9.17) is 10.3 Å². The van der Waals surface area contributed by atoms with E-state index in [1.165, 1.54) is 24.3 Å². The number of anilines is 1. The minimum Gasteiger partial charge on any atom is -0.350 e. The van der Waals surface area contributed by atoms with Crippen LogP contribution in [0.25, 0.3) is 0 Å². The molecule has 76 valence electrons. The van der Waals surface area contributed by atoms with Crippen LogP contribution < -0.4 is 10.0 Å². The molecule has 0 saturated heterocycles. The normalized spacial score (nSPS) is 10.9. The molecule has 1 aromatic carbocycles. The maximum Gasteiger partial charge on any atom is 0.368 e. The highest BCUT2D eigenvalue weighted by atomic mass is 32.2. The minimum atomic E-state index is -4.66. The van der Waals surface area contributed by atoms with Gasteiger partial charge in [-0.1, -0.05) is 18.2 Å². The number of benzene rings is 1. The van der Waals surface area contributed by atoms with Crippen LogP contribution in [-0.2, 0) is 10.3 Å². The van der Waals surface area contributed by atoms with Crippen LogP contribution >= 0.6 is 0 Å². The molecule has 0 spiro atoms. The Morgan fingerprint density at radius 1 is 1.29 bits per heavy atom. The van der Waals surface area contributed by atoms with E-state index in [1.807, 2.05) is 0 Å². The fourth-order valence-corrected chi connectivity index (χ4v) is 1.55. The highest BCUT2D eigenvalue weighted by molar-refractivity contribution is 7.88. The number of hydrogen-bond donors (Lipinski definition) is 2. The number of amides is 2. The third-order valence-corrected chi connectivity index (χ3v) is 2.27. The van der Waals surface area contributed by atoms with E-state index in [0.717, 1.165) is 0 Å². The number of hydrogen-bond acceptors (Lipinski definition) is 3. The first kappa shape index (κ1) is 10.5. The SMILES string of the molecule is NC(=O)N(c1ccccc1)S(=O)(=O)O. The third-order valence-electron chi connectivity index (χ3n) is 1.42. The van der Waals surface area contributed by atoms with Crippen molar-refractivity contribution in [1.82, 2.24) is 0 Å². The molecule has 0 aliphatic heterocycles. The van der Waals surface area contributed by atoms with E-state index in [0.29, 0.717) is 0 Å². The quantitative estimate of drug-likeness (QED) is 0.697. The van der Waals surface area contributed by atoms with Crippen LogP contribution in [0.4, 0.5) is 10.5 Å². The van der Waals surface area contributed by atoms with Gasteiger partial charge in [0.15, 0.2) is 0 Å². The molecule has 0 radical (unpaired) electrons. The van der Waals surface area contributed by atoms with Crippen LogP contribution in [0.15, 0.2) is 30.3 Å². The Morgan fingerprint density at radius 2 is 1.79 bits per heavy atom. The molecule has 0 saturated carbocycles. The lowest BCUT2D eigenvalue weighted by Gasteiger charge is -2.15. The predicted octanol–water partition coefficient (Wildman–Crippen LogP) is 0.375. The summed E-state index contributed by atoms with van der Waals surface area (Å²) in [5, 5.41) is 0. The number of primary amides is 1. The van der Waals surface area contributed by atoms with Crippen molar-refractivity contribution in [3.63, 3.8) is 0 Å². The molecule has 0 aliphatic rings. The molecule has 0 heterocycles. The first-order chi connectivity index (χ1) is 6.43. The van der Waals surface area contributed by atoms with Crippen LogP contribution in [0.2, 0.25) is 0 Å². The van der Waals surface area contributed by atoms with Crippen molar-refractivity contribution in [3.8, 4) is 0 Å². The molecular formula is C7H8N2O4S. The topological polar surface area (TPSA) is 101 Å². The van der Waals surface area contributed by atoms with Gasteiger partial charge in [-0.25, -0.2) is 4.79 Å². The molecule has 7 heteroatoms. The number of rotatable bonds is 2. The summed E-state index contributed by atoms with van der Waals surface area (Å²) in [5.74, 6) is 0. The smallest absolute Gasteiger partial charge is 0.350 e. The maximum atomic E-state index is 10.8. The Kier molecular flexibility index (Phi) is 2.73. The van der Waals surface area contributed by atoms with E-state index in [2.05, 4.69) is 0 Å². The second kappa shape index (κ2) is 3.64. The van der Waals surface area contributed by atoms with Crippen molar-refractivity contribution in [2.75, 3.05) is 4.31 Å². The fraction of sp³-hybridized carbons (Fsp3) is 0. The Morgan fingerprint density at radius 3 is 2.14 bits per heavy atom. The van der Waals surface area contributed by atoms with E-state index < -0.39 is 16.3 Å². The van der Waals surface area contributed by atoms with E-state index in [-0.39, 0.29) is 9.99 Å². The van der Waals surface area contributed by atoms with Gasteiger partial charge in [0.2, 0.25) is 0 Å². The lowest BCUT2D eigenvalue weighted by atomic mass is 10.3. The average Bonchev–Trinajstić information content (AvgIpc) is 2.02. The summed E-state index contributed by atoms with van der Waals surface area (Å²) in [7, 11) is -4.66. The van der Waals surface area contributed by atoms with Crippen molar-refractivity contribution in [2.24, 2.45) is 5.73 Å². The maximum absolute atomic E-state index is 10.8. The number of carbonyl (C=O) groups excluding carboxylic acids is 1. The van der Waals surface area contributed by atoms with Crippen molar-refractivity contribution >= 4 is 22.0 Å². The Bertz CT molecular complexity index is 428. The molecule has 3 N–H and O–H groups in total. The van der Waals surface area contributed by atoms with Crippen LogP contribution in [-0.4, -0.2) is 19.0 Å². The summed E-state index contributed by atoms with van der Waals surface area (Å²) in [6.07, 6.45) is 0. The Hall–Kier alpha value is -1.60. The van der Waals surface area contributed by atoms with E-state index in [1.54, 1.807) is 6.07 Å². The van der Waals surface area contributed by atoms with Crippen molar-refractivity contribution in [1.29, 1.82) is 0 Å². The first-order valence-electron chi connectivity index (χ1n) is 3.55. The molecule has 14 heavy (non-hydrogen) atoms. The molecular weight excluding hydrogens is 208 g/mol. The Balaban J connectivity index is 3.22. The number of carbonyl (C=O) groups is 1. The fourth-order valence-electron chi connectivity index (χ4n) is 0.938.